The van der Waals surface area contributed by atoms with Crippen LogP contribution in [0.3, 0.4) is 0 Å². The molecule has 11 heavy (non-hydrogen) atoms. The van der Waals surface area contributed by atoms with Gasteiger partial charge in [-0.2, -0.15) is 0 Å². The second-order valence-electron chi connectivity index (χ2n) is 2.86. The zero-order chi connectivity index (χ0) is 7.84. The highest BCUT2D eigenvalue weighted by atomic mass is 15.0. The van der Waals surface area contributed by atoms with Crippen LogP contribution in [0.5, 0.6) is 0 Å². The lowest BCUT2D eigenvalue weighted by atomic mass is 10.3. The van der Waals surface area contributed by atoms with E-state index in [2.05, 4.69) is 24.2 Å². The van der Waals surface area contributed by atoms with E-state index in [1.807, 2.05) is 23.7 Å². The third-order valence-electron chi connectivity index (χ3n) is 1.82. The summed E-state index contributed by atoms with van der Waals surface area (Å²) in [6.07, 6.45) is 6.00. The molecule has 0 fully saturated rings. The molecule has 2 heteroatoms. The number of nitrogens with zero attached hydrogens (tertiary/aromatic N) is 2. The summed E-state index contributed by atoms with van der Waals surface area (Å²) in [5.74, 6) is 0. The average molecular weight is 146 g/mol. The highest BCUT2D eigenvalue weighted by molar-refractivity contribution is 5.47. The van der Waals surface area contributed by atoms with Gasteiger partial charge in [0.15, 0.2) is 0 Å². The van der Waals surface area contributed by atoms with Gasteiger partial charge >= 0.3 is 0 Å². The lowest BCUT2D eigenvalue weighted by Gasteiger charge is -1.95. The third-order valence-corrected chi connectivity index (χ3v) is 1.82. The van der Waals surface area contributed by atoms with Gasteiger partial charge in [-0.25, -0.2) is 4.98 Å². The molecule has 2 heterocycles. The number of aromatic nitrogens is 2. The molecule has 2 nitrogen and oxygen atoms in total. The van der Waals surface area contributed by atoms with E-state index in [1.54, 1.807) is 0 Å². The Balaban J connectivity index is 2.86. The fraction of sp³-hybridized carbons (Fsp3) is 0.222. The van der Waals surface area contributed by atoms with E-state index in [4.69, 9.17) is 0 Å². The van der Waals surface area contributed by atoms with E-state index in [9.17, 15) is 0 Å². The van der Waals surface area contributed by atoms with Crippen molar-refractivity contribution in [1.29, 1.82) is 0 Å². The maximum atomic E-state index is 4.30. The van der Waals surface area contributed by atoms with E-state index in [-0.39, 0.29) is 0 Å². The van der Waals surface area contributed by atoms with E-state index in [1.165, 1.54) is 11.1 Å². The van der Waals surface area contributed by atoms with Crippen LogP contribution >= 0.6 is 0 Å². The summed E-state index contributed by atoms with van der Waals surface area (Å²) in [7, 11) is 0. The molecule has 0 atom stereocenters. The van der Waals surface area contributed by atoms with Gasteiger partial charge in [-0.1, -0.05) is 0 Å². The molecule has 0 N–H and O–H groups in total. The zero-order valence-electron chi connectivity index (χ0n) is 6.70. The summed E-state index contributed by atoms with van der Waals surface area (Å²) in [4.78, 5) is 4.30. The summed E-state index contributed by atoms with van der Waals surface area (Å²) in [5.41, 5.74) is 3.47. The monoisotopic (exact) mass is 146 g/mol. The molecular weight excluding hydrogens is 136 g/mol. The van der Waals surface area contributed by atoms with Crippen LogP contribution in [0.15, 0.2) is 24.7 Å². The normalized spacial score (nSPS) is 10.7. The zero-order valence-corrected chi connectivity index (χ0v) is 6.70. The molecule has 56 valence electrons. The molecular formula is C9H10N2. The molecule has 0 aliphatic carbocycles. The molecule has 0 bridgehead atoms. The number of hydrogen-bond acceptors (Lipinski definition) is 1. The van der Waals surface area contributed by atoms with E-state index in [0.29, 0.717) is 0 Å². The number of rotatable bonds is 0. The number of aryl methyl sites for hydroxylation is 2. The lowest BCUT2D eigenvalue weighted by Crippen LogP contribution is -1.87. The number of fused-ring (bicyclic) bond motifs is 1. The molecule has 2 aromatic rings. The van der Waals surface area contributed by atoms with Crippen molar-refractivity contribution in [2.75, 3.05) is 0 Å². The summed E-state index contributed by atoms with van der Waals surface area (Å²) in [6, 6.07) is 2.07. The summed E-state index contributed by atoms with van der Waals surface area (Å²) >= 11 is 0. The van der Waals surface area contributed by atoms with Gasteiger partial charge in [0.1, 0.15) is 5.65 Å². The summed E-state index contributed by atoms with van der Waals surface area (Å²) < 4.78 is 2.05. The van der Waals surface area contributed by atoms with Gasteiger partial charge in [0.05, 0.1) is 0 Å². The number of hydrogen-bond donors (Lipinski definition) is 0. The summed E-state index contributed by atoms with van der Waals surface area (Å²) in [6.45, 7) is 4.11. The van der Waals surface area contributed by atoms with Crippen LogP contribution < -0.4 is 0 Å². The molecule has 0 aliphatic heterocycles. The minimum atomic E-state index is 1.05. The Morgan fingerprint density at radius 3 is 3.00 bits per heavy atom. The van der Waals surface area contributed by atoms with Crippen molar-refractivity contribution in [2.45, 2.75) is 13.8 Å². The van der Waals surface area contributed by atoms with Gasteiger partial charge in [-0.3, -0.25) is 0 Å². The topological polar surface area (TPSA) is 17.3 Å². The van der Waals surface area contributed by atoms with Crippen molar-refractivity contribution >= 4 is 5.65 Å². The molecule has 0 radical (unpaired) electrons. The van der Waals surface area contributed by atoms with Crippen LogP contribution in [0, 0.1) is 13.8 Å². The first-order chi connectivity index (χ1) is 5.27. The first kappa shape index (κ1) is 6.40. The highest BCUT2D eigenvalue weighted by Crippen LogP contribution is 2.08. The Bertz CT molecular complexity index is 387. The Morgan fingerprint density at radius 1 is 1.36 bits per heavy atom. The lowest BCUT2D eigenvalue weighted by molar-refractivity contribution is 1.09. The molecule has 0 aliphatic rings. The van der Waals surface area contributed by atoms with Gasteiger partial charge in [0.2, 0.25) is 0 Å². The van der Waals surface area contributed by atoms with Crippen molar-refractivity contribution in [3.8, 4) is 0 Å². The van der Waals surface area contributed by atoms with Crippen LogP contribution in [-0.4, -0.2) is 9.38 Å². The first-order valence-corrected chi connectivity index (χ1v) is 3.67. The SMILES string of the molecule is Cc1cnc2c(C)ccn2c1. The molecule has 0 unspecified atom stereocenters. The molecule has 2 rings (SSSR count). The molecule has 0 amide bonds. The average Bonchev–Trinajstić information content (AvgIpc) is 2.32. The standard InChI is InChI=1S/C9H10N2/c1-7-5-10-9-8(2)3-4-11(9)6-7/h3-6H,1-2H3. The molecule has 0 aromatic carbocycles. The van der Waals surface area contributed by atoms with Crippen molar-refractivity contribution in [2.24, 2.45) is 0 Å². The van der Waals surface area contributed by atoms with E-state index in [0.717, 1.165) is 5.65 Å². The quantitative estimate of drug-likeness (QED) is 0.555. The van der Waals surface area contributed by atoms with E-state index < -0.39 is 0 Å². The van der Waals surface area contributed by atoms with Crippen LogP contribution in [0.2, 0.25) is 0 Å². The smallest absolute Gasteiger partial charge is 0.139 e. The van der Waals surface area contributed by atoms with Gasteiger partial charge in [0, 0.05) is 18.6 Å². The van der Waals surface area contributed by atoms with Gasteiger partial charge in [-0.05, 0) is 31.0 Å². The maximum absolute atomic E-state index is 4.30. The summed E-state index contributed by atoms with van der Waals surface area (Å²) in [5, 5.41) is 0. The predicted octanol–water partition coefficient (Wildman–Crippen LogP) is 1.95. The Kier molecular flexibility index (Phi) is 1.22. The van der Waals surface area contributed by atoms with Crippen LogP contribution in [0.1, 0.15) is 11.1 Å². The van der Waals surface area contributed by atoms with Crippen molar-refractivity contribution in [3.05, 3.63) is 35.8 Å². The van der Waals surface area contributed by atoms with Crippen LogP contribution in [0.25, 0.3) is 5.65 Å². The van der Waals surface area contributed by atoms with Gasteiger partial charge < -0.3 is 4.40 Å². The Labute approximate surface area is 65.5 Å². The van der Waals surface area contributed by atoms with Crippen molar-refractivity contribution in [1.82, 2.24) is 9.38 Å². The third kappa shape index (κ3) is 0.909. The molecule has 2 aromatic heterocycles. The molecule has 0 spiro atoms. The van der Waals surface area contributed by atoms with Crippen molar-refractivity contribution < 1.29 is 0 Å². The first-order valence-electron chi connectivity index (χ1n) is 3.67. The highest BCUT2D eigenvalue weighted by Gasteiger charge is 1.96. The second kappa shape index (κ2) is 2.09. The predicted molar refractivity (Wildman–Crippen MR) is 44.7 cm³/mol. The van der Waals surface area contributed by atoms with Crippen LogP contribution in [-0.2, 0) is 0 Å². The van der Waals surface area contributed by atoms with Crippen LogP contribution in [0.4, 0.5) is 0 Å². The van der Waals surface area contributed by atoms with E-state index >= 15 is 0 Å². The Hall–Kier alpha value is -1.31. The molecule has 0 saturated heterocycles. The maximum Gasteiger partial charge on any atom is 0.139 e. The van der Waals surface area contributed by atoms with Crippen molar-refractivity contribution in [3.63, 3.8) is 0 Å². The fourth-order valence-corrected chi connectivity index (χ4v) is 1.23. The molecule has 0 saturated carbocycles. The minimum absolute atomic E-state index is 1.05. The Morgan fingerprint density at radius 2 is 2.18 bits per heavy atom. The fourth-order valence-electron chi connectivity index (χ4n) is 1.23. The largest absolute Gasteiger partial charge is 0.308 e. The van der Waals surface area contributed by atoms with Gasteiger partial charge in [0.25, 0.3) is 0 Å². The minimum Gasteiger partial charge on any atom is -0.308 e. The second-order valence-corrected chi connectivity index (χ2v) is 2.86. The van der Waals surface area contributed by atoms with Gasteiger partial charge in [-0.15, -0.1) is 0 Å².